The van der Waals surface area contributed by atoms with Crippen molar-refractivity contribution in [1.29, 1.82) is 0 Å². The lowest BCUT2D eigenvalue weighted by Crippen LogP contribution is -2.18. The van der Waals surface area contributed by atoms with E-state index in [0.29, 0.717) is 12.8 Å². The Balaban J connectivity index is 3.44. The Morgan fingerprint density at radius 3 is 1.04 bits per heavy atom. The standard InChI is InChI=1S/C41H80O4/c1-3-5-6-7-8-9-10-11-12-13-14-15-16-17-18-19-20-25-28-31-34-38-41(44)45-39(35-4-2)36-32-29-26-23-21-22-24-27-30-33-37-40(42)43/h39H,3-38H2,1-2H3,(H,42,43). The molecule has 1 N–H and O–H groups in total. The highest BCUT2D eigenvalue weighted by molar-refractivity contribution is 5.69. The minimum absolute atomic E-state index is 0.0228. The number of rotatable bonds is 38. The van der Waals surface area contributed by atoms with E-state index >= 15 is 0 Å². The molecule has 1 unspecified atom stereocenters. The summed E-state index contributed by atoms with van der Waals surface area (Å²) in [7, 11) is 0. The van der Waals surface area contributed by atoms with Gasteiger partial charge < -0.3 is 9.84 Å². The number of hydrogen-bond donors (Lipinski definition) is 1. The maximum atomic E-state index is 12.4. The summed E-state index contributed by atoms with van der Waals surface area (Å²) in [6.07, 6.45) is 44.9. The van der Waals surface area contributed by atoms with E-state index in [1.54, 1.807) is 0 Å². The fourth-order valence-corrected chi connectivity index (χ4v) is 6.59. The molecule has 0 aliphatic heterocycles. The lowest BCUT2D eigenvalue weighted by molar-refractivity contribution is -0.150. The van der Waals surface area contributed by atoms with Crippen LogP contribution in [0, 0.1) is 0 Å². The van der Waals surface area contributed by atoms with E-state index in [4.69, 9.17) is 9.84 Å². The first kappa shape index (κ1) is 43.9. The van der Waals surface area contributed by atoms with Gasteiger partial charge in [-0.1, -0.05) is 200 Å². The first-order chi connectivity index (χ1) is 22.1. The van der Waals surface area contributed by atoms with Gasteiger partial charge in [-0.2, -0.15) is 0 Å². The van der Waals surface area contributed by atoms with Crippen molar-refractivity contribution >= 4 is 11.9 Å². The lowest BCUT2D eigenvalue weighted by Gasteiger charge is -2.17. The summed E-state index contributed by atoms with van der Waals surface area (Å²) in [4.78, 5) is 22.9. The maximum Gasteiger partial charge on any atom is 0.306 e. The number of carbonyl (C=O) groups excluding carboxylic acids is 1. The largest absolute Gasteiger partial charge is 0.481 e. The molecule has 4 heteroatoms. The van der Waals surface area contributed by atoms with Crippen LogP contribution in [0.4, 0.5) is 0 Å². The molecule has 0 radical (unpaired) electrons. The molecule has 45 heavy (non-hydrogen) atoms. The van der Waals surface area contributed by atoms with E-state index in [1.807, 2.05) is 0 Å². The summed E-state index contributed by atoms with van der Waals surface area (Å²) >= 11 is 0. The number of carboxylic acid groups (broad SMARTS) is 1. The van der Waals surface area contributed by atoms with Gasteiger partial charge in [-0.25, -0.2) is 0 Å². The highest BCUT2D eigenvalue weighted by atomic mass is 16.5. The number of aliphatic carboxylic acids is 1. The number of ether oxygens (including phenoxy) is 1. The Kier molecular flexibility index (Phi) is 36.5. The zero-order valence-electron chi connectivity index (χ0n) is 30.7. The van der Waals surface area contributed by atoms with E-state index in [0.717, 1.165) is 57.8 Å². The second kappa shape index (κ2) is 37.4. The van der Waals surface area contributed by atoms with Crippen LogP contribution in [-0.4, -0.2) is 23.1 Å². The first-order valence-corrected chi connectivity index (χ1v) is 20.5. The first-order valence-electron chi connectivity index (χ1n) is 20.5. The third-order valence-electron chi connectivity index (χ3n) is 9.56. The fraction of sp³-hybridized carbons (Fsp3) is 0.951. The van der Waals surface area contributed by atoms with Crippen LogP contribution in [0.15, 0.2) is 0 Å². The third-order valence-corrected chi connectivity index (χ3v) is 9.56. The van der Waals surface area contributed by atoms with Gasteiger partial charge >= 0.3 is 11.9 Å². The van der Waals surface area contributed by atoms with Crippen molar-refractivity contribution in [3.8, 4) is 0 Å². The molecule has 0 fully saturated rings. The molecule has 0 aromatic carbocycles. The molecule has 0 rings (SSSR count). The summed E-state index contributed by atoms with van der Waals surface area (Å²) in [5, 5.41) is 8.67. The van der Waals surface area contributed by atoms with Crippen LogP contribution in [0.25, 0.3) is 0 Å². The van der Waals surface area contributed by atoms with E-state index in [1.165, 1.54) is 161 Å². The SMILES string of the molecule is CCCCCCCCCCCCCCCCCCCCCCCC(=O)OC(CCC)CCCCCCCCCCCCC(=O)O. The van der Waals surface area contributed by atoms with Crippen molar-refractivity contribution in [3.63, 3.8) is 0 Å². The minimum atomic E-state index is -0.674. The highest BCUT2D eigenvalue weighted by Gasteiger charge is 2.13. The zero-order valence-corrected chi connectivity index (χ0v) is 30.7. The van der Waals surface area contributed by atoms with Crippen LogP contribution >= 0.6 is 0 Å². The van der Waals surface area contributed by atoms with Gasteiger partial charge in [-0.3, -0.25) is 9.59 Å². The number of carboxylic acids is 1. The molecule has 0 aromatic heterocycles. The lowest BCUT2D eigenvalue weighted by atomic mass is 10.0. The van der Waals surface area contributed by atoms with Gasteiger partial charge in [-0.15, -0.1) is 0 Å². The summed E-state index contributed by atoms with van der Waals surface area (Å²) < 4.78 is 5.87. The van der Waals surface area contributed by atoms with Gasteiger partial charge in [0, 0.05) is 12.8 Å². The van der Waals surface area contributed by atoms with Gasteiger partial charge in [0.25, 0.3) is 0 Å². The molecule has 0 heterocycles. The van der Waals surface area contributed by atoms with Gasteiger partial charge in [-0.05, 0) is 32.1 Å². The normalized spacial score (nSPS) is 12.0. The molecule has 0 amide bonds. The van der Waals surface area contributed by atoms with Gasteiger partial charge in [0.05, 0.1) is 0 Å². The predicted molar refractivity (Wildman–Crippen MR) is 195 cm³/mol. The van der Waals surface area contributed by atoms with Crippen LogP contribution in [0.1, 0.15) is 245 Å². The van der Waals surface area contributed by atoms with Gasteiger partial charge in [0.15, 0.2) is 0 Å². The van der Waals surface area contributed by atoms with E-state index in [9.17, 15) is 9.59 Å². The van der Waals surface area contributed by atoms with Gasteiger partial charge in [0.2, 0.25) is 0 Å². The van der Waals surface area contributed by atoms with Crippen LogP contribution in [-0.2, 0) is 14.3 Å². The van der Waals surface area contributed by atoms with Crippen molar-refractivity contribution < 1.29 is 19.4 Å². The number of esters is 1. The second-order valence-corrected chi connectivity index (χ2v) is 14.2. The molecular formula is C41H80O4. The maximum absolute atomic E-state index is 12.4. The molecule has 0 aromatic rings. The zero-order chi connectivity index (χ0) is 32.9. The van der Waals surface area contributed by atoms with E-state index in [-0.39, 0.29) is 12.1 Å². The van der Waals surface area contributed by atoms with E-state index in [2.05, 4.69) is 13.8 Å². The summed E-state index contributed by atoms with van der Waals surface area (Å²) in [6, 6.07) is 0. The number of carbonyl (C=O) groups is 2. The Hall–Kier alpha value is -1.06. The average molecular weight is 637 g/mol. The smallest absolute Gasteiger partial charge is 0.306 e. The molecule has 268 valence electrons. The molecule has 0 spiro atoms. The molecule has 0 aliphatic rings. The van der Waals surface area contributed by atoms with Gasteiger partial charge in [0.1, 0.15) is 6.10 Å². The van der Waals surface area contributed by atoms with Crippen LogP contribution in [0.3, 0.4) is 0 Å². The van der Waals surface area contributed by atoms with Crippen molar-refractivity contribution in [1.82, 2.24) is 0 Å². The van der Waals surface area contributed by atoms with Crippen LogP contribution in [0.2, 0.25) is 0 Å². The average Bonchev–Trinajstić information content (AvgIpc) is 3.02. The van der Waals surface area contributed by atoms with Crippen molar-refractivity contribution in [3.05, 3.63) is 0 Å². The monoisotopic (exact) mass is 637 g/mol. The molecule has 0 saturated heterocycles. The molecule has 0 bridgehead atoms. The third kappa shape index (κ3) is 37.3. The molecule has 0 aliphatic carbocycles. The minimum Gasteiger partial charge on any atom is -0.481 e. The quantitative estimate of drug-likeness (QED) is 0.0541. The number of unbranched alkanes of at least 4 members (excludes halogenated alkanes) is 29. The van der Waals surface area contributed by atoms with Crippen molar-refractivity contribution in [2.24, 2.45) is 0 Å². The van der Waals surface area contributed by atoms with Crippen molar-refractivity contribution in [2.75, 3.05) is 0 Å². The Labute approximate surface area is 282 Å². The topological polar surface area (TPSA) is 63.6 Å². The fourth-order valence-electron chi connectivity index (χ4n) is 6.59. The summed E-state index contributed by atoms with van der Waals surface area (Å²) in [6.45, 7) is 4.48. The molecular weight excluding hydrogens is 556 g/mol. The summed E-state index contributed by atoms with van der Waals surface area (Å²) in [5.41, 5.74) is 0. The van der Waals surface area contributed by atoms with Crippen LogP contribution in [0.5, 0.6) is 0 Å². The van der Waals surface area contributed by atoms with Crippen LogP contribution < -0.4 is 0 Å². The molecule has 0 saturated carbocycles. The Morgan fingerprint density at radius 2 is 0.711 bits per heavy atom. The van der Waals surface area contributed by atoms with Crippen molar-refractivity contribution in [2.45, 2.75) is 251 Å². The van der Waals surface area contributed by atoms with E-state index < -0.39 is 5.97 Å². The number of hydrogen-bond acceptors (Lipinski definition) is 3. The second-order valence-electron chi connectivity index (χ2n) is 14.2. The molecule has 4 nitrogen and oxygen atoms in total. The summed E-state index contributed by atoms with van der Waals surface area (Å²) in [5.74, 6) is -0.651. The molecule has 1 atom stereocenters. The highest BCUT2D eigenvalue weighted by Crippen LogP contribution is 2.18. The Bertz CT molecular complexity index is 604. The Morgan fingerprint density at radius 1 is 0.400 bits per heavy atom. The predicted octanol–water partition coefficient (Wildman–Crippen LogP) is 14.1.